The number of hydrogen-bond donors (Lipinski definition) is 0. The van der Waals surface area contributed by atoms with Crippen molar-refractivity contribution in [2.75, 3.05) is 7.11 Å². The van der Waals surface area contributed by atoms with Crippen molar-refractivity contribution in [2.45, 2.75) is 44.8 Å². The number of benzene rings is 2. The molecule has 1 atom stereocenters. The molecule has 3 aromatic rings. The van der Waals surface area contributed by atoms with Crippen LogP contribution in [-0.4, -0.2) is 27.7 Å². The van der Waals surface area contributed by atoms with Gasteiger partial charge in [0.1, 0.15) is 11.4 Å². The number of fused-ring (bicyclic) bond motifs is 1. The zero-order valence-corrected chi connectivity index (χ0v) is 17.9. The topological polar surface area (TPSA) is 47.4 Å². The van der Waals surface area contributed by atoms with Crippen LogP contribution in [0.15, 0.2) is 48.5 Å². The summed E-state index contributed by atoms with van der Waals surface area (Å²) in [4.78, 5) is 15.6. The average Bonchev–Trinajstić information content (AvgIpc) is 3.18. The number of aromatic nitrogens is 2. The van der Waals surface area contributed by atoms with Gasteiger partial charge in [-0.2, -0.15) is 5.10 Å². The van der Waals surface area contributed by atoms with Crippen LogP contribution in [0.3, 0.4) is 0 Å². The van der Waals surface area contributed by atoms with Crippen LogP contribution in [0.4, 0.5) is 0 Å². The molecule has 0 bridgehead atoms. The number of amides is 1. The molecule has 1 saturated carbocycles. The first-order valence-corrected chi connectivity index (χ1v) is 10.7. The van der Waals surface area contributed by atoms with E-state index in [1.54, 1.807) is 7.11 Å². The van der Waals surface area contributed by atoms with Gasteiger partial charge in [0.25, 0.3) is 5.91 Å². The lowest BCUT2D eigenvalue weighted by Gasteiger charge is -2.28. The van der Waals surface area contributed by atoms with Gasteiger partial charge in [0.2, 0.25) is 0 Å². The third kappa shape index (κ3) is 3.08. The minimum Gasteiger partial charge on any atom is -0.497 e. The fraction of sp³-hybridized carbons (Fsp3) is 0.333. The van der Waals surface area contributed by atoms with Crippen molar-refractivity contribution in [1.29, 1.82) is 0 Å². The highest BCUT2D eigenvalue weighted by molar-refractivity contribution is 6.30. The van der Waals surface area contributed by atoms with Gasteiger partial charge < -0.3 is 9.64 Å². The van der Waals surface area contributed by atoms with E-state index in [0.717, 1.165) is 46.7 Å². The van der Waals surface area contributed by atoms with Crippen LogP contribution >= 0.6 is 11.6 Å². The van der Waals surface area contributed by atoms with Crippen LogP contribution in [0.1, 0.15) is 64.2 Å². The zero-order valence-electron chi connectivity index (χ0n) is 17.1. The molecule has 0 radical (unpaired) electrons. The van der Waals surface area contributed by atoms with Gasteiger partial charge in [0.15, 0.2) is 0 Å². The molecule has 5 nitrogen and oxygen atoms in total. The molecule has 0 spiro atoms. The molecule has 1 aliphatic heterocycles. The molecule has 2 aliphatic rings. The molecule has 1 amide bonds. The van der Waals surface area contributed by atoms with Crippen LogP contribution < -0.4 is 4.74 Å². The quantitative estimate of drug-likeness (QED) is 0.559. The van der Waals surface area contributed by atoms with E-state index in [1.165, 1.54) is 6.42 Å². The van der Waals surface area contributed by atoms with Gasteiger partial charge in [0, 0.05) is 17.1 Å². The summed E-state index contributed by atoms with van der Waals surface area (Å²) in [7, 11) is 1.65. The zero-order chi connectivity index (χ0) is 20.8. The van der Waals surface area contributed by atoms with Crippen LogP contribution in [0.25, 0.3) is 0 Å². The largest absolute Gasteiger partial charge is 0.497 e. The van der Waals surface area contributed by atoms with Gasteiger partial charge in [-0.1, -0.05) is 35.9 Å². The summed E-state index contributed by atoms with van der Waals surface area (Å²) in [5, 5.41) is 5.48. The fourth-order valence-corrected chi connectivity index (χ4v) is 4.61. The van der Waals surface area contributed by atoms with Crippen molar-refractivity contribution in [3.8, 4) is 5.75 Å². The van der Waals surface area contributed by atoms with E-state index in [-0.39, 0.29) is 11.9 Å². The van der Waals surface area contributed by atoms with E-state index in [1.807, 2.05) is 65.0 Å². The molecule has 1 unspecified atom stereocenters. The van der Waals surface area contributed by atoms with Crippen LogP contribution in [0, 0.1) is 6.92 Å². The molecule has 2 aromatic carbocycles. The number of carbonyl (C=O) groups is 1. The summed E-state index contributed by atoms with van der Waals surface area (Å²) >= 11 is 6.14. The Morgan fingerprint density at radius 1 is 1.10 bits per heavy atom. The number of nitrogens with zero attached hydrogens (tertiary/aromatic N) is 3. The Hall–Kier alpha value is -2.79. The molecule has 154 valence electrons. The minimum absolute atomic E-state index is 0.0493. The summed E-state index contributed by atoms with van der Waals surface area (Å²) in [6.07, 6.45) is 3.37. The first kappa shape index (κ1) is 19.2. The van der Waals surface area contributed by atoms with Gasteiger partial charge in [-0.3, -0.25) is 9.48 Å². The number of aryl methyl sites for hydroxylation is 1. The minimum atomic E-state index is -0.166. The Bertz CT molecular complexity index is 1080. The summed E-state index contributed by atoms with van der Waals surface area (Å²) in [5.74, 6) is 0.855. The Balaban J connectivity index is 1.58. The second kappa shape index (κ2) is 7.47. The lowest BCUT2D eigenvalue weighted by molar-refractivity contribution is 0.0717. The maximum absolute atomic E-state index is 13.7. The second-order valence-corrected chi connectivity index (χ2v) is 8.55. The van der Waals surface area contributed by atoms with Crippen molar-refractivity contribution in [3.63, 3.8) is 0 Å². The average molecular weight is 422 g/mol. The Labute approximate surface area is 181 Å². The molecule has 0 saturated heterocycles. The van der Waals surface area contributed by atoms with Crippen molar-refractivity contribution >= 4 is 17.5 Å². The first-order valence-electron chi connectivity index (χ1n) is 10.3. The van der Waals surface area contributed by atoms with Crippen molar-refractivity contribution in [2.24, 2.45) is 0 Å². The van der Waals surface area contributed by atoms with E-state index >= 15 is 0 Å². The molecule has 1 fully saturated rings. The van der Waals surface area contributed by atoms with E-state index in [0.29, 0.717) is 17.6 Å². The van der Waals surface area contributed by atoms with E-state index in [9.17, 15) is 4.79 Å². The van der Waals surface area contributed by atoms with Crippen LogP contribution in [0.5, 0.6) is 5.75 Å². The molecule has 5 rings (SSSR count). The molecule has 2 heterocycles. The number of ether oxygens (including phenoxy) is 1. The van der Waals surface area contributed by atoms with E-state index < -0.39 is 0 Å². The highest BCUT2D eigenvalue weighted by Crippen LogP contribution is 2.44. The molecular formula is C24H24ClN3O2. The van der Waals surface area contributed by atoms with Crippen molar-refractivity contribution in [3.05, 3.63) is 81.6 Å². The van der Waals surface area contributed by atoms with Gasteiger partial charge in [0.05, 0.1) is 24.9 Å². The van der Waals surface area contributed by atoms with Gasteiger partial charge in [-0.15, -0.1) is 0 Å². The van der Waals surface area contributed by atoms with E-state index in [2.05, 4.69) is 0 Å². The fourth-order valence-electron chi connectivity index (χ4n) is 4.49. The standard InChI is InChI=1S/C24H24ClN3O2/c1-15-21-22(17-8-10-18(25)11-9-17)27(14-16-6-12-20(30-2)13-7-16)24(29)23(21)28(26-15)19-4-3-5-19/h6-13,19,22H,3-5,14H2,1-2H3. The number of methoxy groups -OCH3 is 1. The lowest BCUT2D eigenvalue weighted by Crippen LogP contribution is -2.31. The number of carbonyl (C=O) groups excluding carboxylic acids is 1. The van der Waals surface area contributed by atoms with Gasteiger partial charge in [-0.25, -0.2) is 0 Å². The van der Waals surface area contributed by atoms with Crippen LogP contribution in [-0.2, 0) is 6.54 Å². The van der Waals surface area contributed by atoms with Gasteiger partial charge in [-0.05, 0) is 61.6 Å². The maximum Gasteiger partial charge on any atom is 0.273 e. The van der Waals surface area contributed by atoms with Crippen molar-refractivity contribution in [1.82, 2.24) is 14.7 Å². The molecule has 1 aliphatic carbocycles. The lowest BCUT2D eigenvalue weighted by atomic mass is 9.93. The predicted molar refractivity (Wildman–Crippen MR) is 116 cm³/mol. The third-order valence-corrected chi connectivity index (χ3v) is 6.55. The number of rotatable bonds is 5. The normalized spacial score (nSPS) is 18.4. The Kier molecular flexibility index (Phi) is 4.78. The molecular weight excluding hydrogens is 398 g/mol. The maximum atomic E-state index is 13.7. The van der Waals surface area contributed by atoms with Crippen molar-refractivity contribution < 1.29 is 9.53 Å². The molecule has 6 heteroatoms. The molecule has 1 aromatic heterocycles. The first-order chi connectivity index (χ1) is 14.6. The summed E-state index contributed by atoms with van der Waals surface area (Å²) in [5.41, 5.74) is 4.83. The second-order valence-electron chi connectivity index (χ2n) is 8.11. The number of halogens is 1. The Morgan fingerprint density at radius 2 is 1.80 bits per heavy atom. The predicted octanol–water partition coefficient (Wildman–Crippen LogP) is 5.32. The summed E-state index contributed by atoms with van der Waals surface area (Å²) < 4.78 is 7.27. The third-order valence-electron chi connectivity index (χ3n) is 6.30. The van der Waals surface area contributed by atoms with E-state index in [4.69, 9.17) is 21.4 Å². The monoisotopic (exact) mass is 421 g/mol. The van der Waals surface area contributed by atoms with Gasteiger partial charge >= 0.3 is 0 Å². The highest BCUT2D eigenvalue weighted by Gasteiger charge is 2.44. The summed E-state index contributed by atoms with van der Waals surface area (Å²) in [6.45, 7) is 2.54. The summed E-state index contributed by atoms with van der Waals surface area (Å²) in [6, 6.07) is 15.9. The molecule has 30 heavy (non-hydrogen) atoms. The van der Waals surface area contributed by atoms with Crippen LogP contribution in [0.2, 0.25) is 5.02 Å². The SMILES string of the molecule is COc1ccc(CN2C(=O)c3c(c(C)nn3C3CCC3)C2c2ccc(Cl)cc2)cc1. The highest BCUT2D eigenvalue weighted by atomic mass is 35.5. The molecule has 0 N–H and O–H groups in total. The Morgan fingerprint density at radius 3 is 2.40 bits per heavy atom. The smallest absolute Gasteiger partial charge is 0.273 e. The number of hydrogen-bond acceptors (Lipinski definition) is 3.